The maximum atomic E-state index is 13.7. The van der Waals surface area contributed by atoms with Crippen LogP contribution in [0.2, 0.25) is 0 Å². The molecule has 0 saturated carbocycles. The number of fused-ring (bicyclic) bond motifs is 4. The van der Waals surface area contributed by atoms with Gasteiger partial charge < -0.3 is 29.5 Å². The highest BCUT2D eigenvalue weighted by Crippen LogP contribution is 2.56. The number of rotatable bonds is 6. The molecule has 0 aromatic heterocycles. The summed E-state index contributed by atoms with van der Waals surface area (Å²) in [5.74, 6) is -4.71. The average molecular weight is 573 g/mol. The van der Waals surface area contributed by atoms with E-state index in [9.17, 15) is 29.1 Å². The molecule has 11 nitrogen and oxygen atoms in total. The molecule has 2 aliphatic rings. The average Bonchev–Trinajstić information content (AvgIpc) is 3.24. The number of hydrogen-bond acceptors (Lipinski definition) is 9. The van der Waals surface area contributed by atoms with Gasteiger partial charge in [-0.2, -0.15) is 0 Å². The number of ketones is 3. The predicted octanol–water partition coefficient (Wildman–Crippen LogP) is 3.44. The third-order valence-electron chi connectivity index (χ3n) is 7.53. The van der Waals surface area contributed by atoms with Crippen LogP contribution in [0.3, 0.4) is 0 Å². The second kappa shape index (κ2) is 10.3. The lowest BCUT2D eigenvalue weighted by atomic mass is 9.67. The van der Waals surface area contributed by atoms with Gasteiger partial charge in [-0.1, -0.05) is 24.3 Å². The molecule has 0 spiro atoms. The lowest BCUT2D eigenvalue weighted by Gasteiger charge is -2.30. The number of nitrogens with zero attached hydrogens (tertiary/aromatic N) is 1. The molecular formula is C31H28N2O9. The first-order chi connectivity index (χ1) is 19.9. The fourth-order valence-corrected chi connectivity index (χ4v) is 5.37. The highest BCUT2D eigenvalue weighted by atomic mass is 16.6. The molecule has 1 aliphatic heterocycles. The van der Waals surface area contributed by atoms with E-state index in [1.54, 1.807) is 26.2 Å². The maximum Gasteiger partial charge on any atom is 0.414 e. The van der Waals surface area contributed by atoms with Crippen molar-refractivity contribution in [3.63, 3.8) is 0 Å². The number of nitrogens with one attached hydrogen (secondary N) is 1. The summed E-state index contributed by atoms with van der Waals surface area (Å²) >= 11 is 0. The summed E-state index contributed by atoms with van der Waals surface area (Å²) in [6.45, 7) is 2.58. The fraction of sp³-hybridized carbons (Fsp3) is 0.258. The van der Waals surface area contributed by atoms with Gasteiger partial charge in [-0.15, -0.1) is 0 Å². The van der Waals surface area contributed by atoms with Crippen molar-refractivity contribution >= 4 is 40.1 Å². The Balaban J connectivity index is 1.54. The molecule has 3 aromatic rings. The van der Waals surface area contributed by atoms with Crippen LogP contribution in [0.4, 0.5) is 4.79 Å². The molecule has 5 rings (SSSR count). The summed E-state index contributed by atoms with van der Waals surface area (Å²) in [6, 6.07) is 11.9. The van der Waals surface area contributed by atoms with E-state index in [0.29, 0.717) is 5.56 Å². The number of phenolic OH excluding ortho intramolecular Hbond substituents is 1. The van der Waals surface area contributed by atoms with Crippen molar-refractivity contribution in [2.45, 2.75) is 25.8 Å². The molecule has 11 heteroatoms. The fourth-order valence-electron chi connectivity index (χ4n) is 5.37. The first-order valence-electron chi connectivity index (χ1n) is 13.0. The van der Waals surface area contributed by atoms with Crippen LogP contribution in [-0.4, -0.2) is 60.6 Å². The first kappa shape index (κ1) is 28.3. The molecule has 0 fully saturated rings. The zero-order valence-electron chi connectivity index (χ0n) is 23.6. The molecule has 42 heavy (non-hydrogen) atoms. The van der Waals surface area contributed by atoms with E-state index in [4.69, 9.17) is 14.2 Å². The Hall–Kier alpha value is -5.19. The van der Waals surface area contributed by atoms with Crippen LogP contribution in [-0.2, 0) is 26.3 Å². The number of Topliss-reactive ketones (excluding diaryl/α,β-unsaturated/α-hetero) is 2. The van der Waals surface area contributed by atoms with Crippen LogP contribution in [0, 0.1) is 5.92 Å². The zero-order valence-corrected chi connectivity index (χ0v) is 23.6. The predicted molar refractivity (Wildman–Crippen MR) is 150 cm³/mol. The number of ether oxygens (including phenoxy) is 3. The SMILES string of the molecule is COc1cc(O)c2c(c1C(=O)NCc1cc(OC(=O)N(C)C)cc3ccccc13)OC1=CC(=O)C(C(C)=O)C(=O)[C@]12C. The van der Waals surface area contributed by atoms with E-state index in [-0.39, 0.29) is 40.7 Å². The minimum absolute atomic E-state index is 0.00467. The van der Waals surface area contributed by atoms with Gasteiger partial charge >= 0.3 is 6.09 Å². The van der Waals surface area contributed by atoms with Crippen LogP contribution in [0.5, 0.6) is 23.0 Å². The third kappa shape index (κ3) is 4.43. The molecule has 0 bridgehead atoms. The van der Waals surface area contributed by atoms with Gasteiger partial charge in [-0.25, -0.2) is 4.79 Å². The molecule has 0 radical (unpaired) electrons. The Labute approximate surface area is 240 Å². The zero-order chi connectivity index (χ0) is 30.5. The monoisotopic (exact) mass is 572 g/mol. The maximum absolute atomic E-state index is 13.7. The van der Waals surface area contributed by atoms with Gasteiger partial charge in [-0.05, 0) is 42.3 Å². The summed E-state index contributed by atoms with van der Waals surface area (Å²) in [7, 11) is 4.43. The van der Waals surface area contributed by atoms with E-state index in [1.807, 2.05) is 24.3 Å². The highest BCUT2D eigenvalue weighted by molar-refractivity contribution is 6.27. The van der Waals surface area contributed by atoms with Gasteiger partial charge in [0.1, 0.15) is 45.7 Å². The van der Waals surface area contributed by atoms with Crippen LogP contribution >= 0.6 is 0 Å². The van der Waals surface area contributed by atoms with E-state index >= 15 is 0 Å². The smallest absolute Gasteiger partial charge is 0.414 e. The largest absolute Gasteiger partial charge is 0.507 e. The second-order valence-corrected chi connectivity index (χ2v) is 10.5. The summed E-state index contributed by atoms with van der Waals surface area (Å²) in [5.41, 5.74) is -1.18. The van der Waals surface area contributed by atoms with Gasteiger partial charge in [0.2, 0.25) is 0 Å². The topological polar surface area (TPSA) is 149 Å². The highest BCUT2D eigenvalue weighted by Gasteiger charge is 2.58. The van der Waals surface area contributed by atoms with Crippen molar-refractivity contribution in [1.29, 1.82) is 0 Å². The third-order valence-corrected chi connectivity index (χ3v) is 7.53. The first-order valence-corrected chi connectivity index (χ1v) is 13.0. The minimum atomic E-state index is -1.67. The van der Waals surface area contributed by atoms with E-state index in [0.717, 1.165) is 23.8 Å². The molecule has 1 aliphatic carbocycles. The van der Waals surface area contributed by atoms with Crippen molar-refractivity contribution in [1.82, 2.24) is 10.2 Å². The number of carbonyl (C=O) groups excluding carboxylic acids is 5. The van der Waals surface area contributed by atoms with Crippen molar-refractivity contribution in [2.75, 3.05) is 21.2 Å². The van der Waals surface area contributed by atoms with Crippen LogP contribution in [0.15, 0.2) is 54.3 Å². The standard InChI is InChI=1S/C31H28N2O9/c1-15(34)24-20(35)13-23-31(2,28(24)37)26-21(36)12-22(40-5)25(27(26)42-23)29(38)32-14-17-11-18(41-30(39)33(3)4)10-16-8-6-7-9-19(16)17/h6-13,24,36H,14H2,1-5H3,(H,32,38)/t24?,31-/m1/s1. The lowest BCUT2D eigenvalue weighted by Crippen LogP contribution is -2.47. The summed E-state index contributed by atoms with van der Waals surface area (Å²) < 4.78 is 16.7. The molecular weight excluding hydrogens is 544 g/mol. The number of carbonyl (C=O) groups is 5. The number of benzene rings is 3. The van der Waals surface area contributed by atoms with E-state index in [1.165, 1.54) is 25.0 Å². The number of phenols is 1. The molecule has 2 atom stereocenters. The van der Waals surface area contributed by atoms with Crippen molar-refractivity contribution < 1.29 is 43.3 Å². The van der Waals surface area contributed by atoms with Gasteiger partial charge in [0.05, 0.1) is 12.7 Å². The number of hydrogen-bond donors (Lipinski definition) is 2. The lowest BCUT2D eigenvalue weighted by molar-refractivity contribution is -0.140. The van der Waals surface area contributed by atoms with Crippen molar-refractivity contribution in [2.24, 2.45) is 5.92 Å². The number of aromatic hydroxyl groups is 1. The quantitative estimate of drug-likeness (QED) is 0.424. The second-order valence-electron chi connectivity index (χ2n) is 10.5. The van der Waals surface area contributed by atoms with Crippen molar-refractivity contribution in [3.8, 4) is 23.0 Å². The summed E-state index contributed by atoms with van der Waals surface area (Å²) in [5, 5.41) is 15.4. The molecule has 2 amide bonds. The van der Waals surface area contributed by atoms with Crippen LogP contribution in [0.25, 0.3) is 10.8 Å². The van der Waals surface area contributed by atoms with Gasteiger partial charge in [-0.3, -0.25) is 19.2 Å². The van der Waals surface area contributed by atoms with Crippen LogP contribution in [0.1, 0.15) is 35.3 Å². The molecule has 1 unspecified atom stereocenters. The summed E-state index contributed by atoms with van der Waals surface area (Å²) in [4.78, 5) is 65.4. The van der Waals surface area contributed by atoms with Crippen LogP contribution < -0.4 is 19.5 Å². The number of amides is 2. The Bertz CT molecular complexity index is 1740. The Morgan fingerprint density at radius 3 is 2.50 bits per heavy atom. The number of allylic oxidation sites excluding steroid dienone is 2. The normalized spacial score (nSPS) is 18.9. The van der Waals surface area contributed by atoms with Crippen molar-refractivity contribution in [3.05, 3.63) is 71.0 Å². The number of methoxy groups -OCH3 is 1. The van der Waals surface area contributed by atoms with E-state index < -0.39 is 46.4 Å². The Kier molecular flexibility index (Phi) is 6.97. The molecule has 2 N–H and O–H groups in total. The molecule has 216 valence electrons. The Morgan fingerprint density at radius 1 is 1.12 bits per heavy atom. The molecule has 0 saturated heterocycles. The van der Waals surface area contributed by atoms with Gasteiger partial charge in [0.15, 0.2) is 17.3 Å². The van der Waals surface area contributed by atoms with Gasteiger partial charge in [0.25, 0.3) is 5.91 Å². The van der Waals surface area contributed by atoms with Gasteiger partial charge in [0, 0.05) is 32.8 Å². The molecule has 3 aromatic carbocycles. The Morgan fingerprint density at radius 2 is 1.83 bits per heavy atom. The minimum Gasteiger partial charge on any atom is -0.507 e. The van der Waals surface area contributed by atoms with E-state index in [2.05, 4.69) is 5.32 Å². The summed E-state index contributed by atoms with van der Waals surface area (Å²) in [6.07, 6.45) is 0.499. The molecule has 1 heterocycles.